The van der Waals surface area contributed by atoms with Gasteiger partial charge in [-0.05, 0) is 0 Å². The van der Waals surface area contributed by atoms with E-state index in [4.69, 9.17) is 10.5 Å². The fourth-order valence-corrected chi connectivity index (χ4v) is 1.06. The molecule has 0 radical (unpaired) electrons. The van der Waals surface area contributed by atoms with Crippen molar-refractivity contribution in [2.75, 3.05) is 7.11 Å². The quantitative estimate of drug-likeness (QED) is 0.480. The maximum atomic E-state index is 9.74. The molecular formula is C6H7N5O2. The van der Waals surface area contributed by atoms with Crippen molar-refractivity contribution in [2.24, 2.45) is 25.7 Å². The smallest absolute Gasteiger partial charge is 0.320 e. The van der Waals surface area contributed by atoms with Crippen LogP contribution in [0.25, 0.3) is 0 Å². The van der Waals surface area contributed by atoms with E-state index in [1.165, 1.54) is 13.4 Å². The van der Waals surface area contributed by atoms with E-state index in [-0.39, 0.29) is 17.5 Å². The number of aliphatic imine (C=N–C) groups is 4. The molecule has 0 aliphatic carbocycles. The van der Waals surface area contributed by atoms with Gasteiger partial charge in [-0.2, -0.15) is 9.98 Å². The first-order valence-corrected chi connectivity index (χ1v) is 3.48. The van der Waals surface area contributed by atoms with E-state index in [9.17, 15) is 5.11 Å². The van der Waals surface area contributed by atoms with Gasteiger partial charge in [0.25, 0.3) is 0 Å². The van der Waals surface area contributed by atoms with Crippen molar-refractivity contribution in [3.8, 4) is 0 Å². The Balaban J connectivity index is 2.50. The lowest BCUT2D eigenvalue weighted by molar-refractivity contribution is -0.119. The van der Waals surface area contributed by atoms with E-state index in [2.05, 4.69) is 20.0 Å². The van der Waals surface area contributed by atoms with E-state index in [0.717, 1.165) is 0 Å². The summed E-state index contributed by atoms with van der Waals surface area (Å²) in [5, 5.41) is 9.74. The molecule has 68 valence electrons. The molecule has 0 amide bonds. The van der Waals surface area contributed by atoms with Gasteiger partial charge in [0.15, 0.2) is 11.5 Å². The second kappa shape index (κ2) is 2.44. The Morgan fingerprint density at radius 1 is 1.62 bits per heavy atom. The van der Waals surface area contributed by atoms with Crippen molar-refractivity contribution in [3.63, 3.8) is 0 Å². The molecule has 2 aliphatic heterocycles. The number of nitrogens with two attached hydrogens (primary N) is 1. The molecule has 3 N–H and O–H groups in total. The predicted octanol–water partition coefficient (Wildman–Crippen LogP) is -1.51. The Morgan fingerprint density at radius 2 is 2.38 bits per heavy atom. The van der Waals surface area contributed by atoms with Crippen molar-refractivity contribution >= 4 is 23.8 Å². The second-order valence-corrected chi connectivity index (χ2v) is 2.44. The highest BCUT2D eigenvalue weighted by Gasteiger charge is 2.41. The topological polar surface area (TPSA) is 105 Å². The lowest BCUT2D eigenvalue weighted by atomic mass is 10.2. The van der Waals surface area contributed by atoms with Crippen LogP contribution in [0.1, 0.15) is 0 Å². The monoisotopic (exact) mass is 181 g/mol. The van der Waals surface area contributed by atoms with Crippen LogP contribution in [0.3, 0.4) is 0 Å². The first kappa shape index (κ1) is 8.02. The SMILES string of the molecule is COC1(O)N=C(N)N=C2N=CN=C21. The minimum absolute atomic E-state index is 0.0858. The summed E-state index contributed by atoms with van der Waals surface area (Å²) >= 11 is 0. The van der Waals surface area contributed by atoms with Crippen molar-refractivity contribution in [2.45, 2.75) is 5.91 Å². The fourth-order valence-electron chi connectivity index (χ4n) is 1.06. The number of nitrogens with zero attached hydrogens (tertiary/aromatic N) is 4. The molecule has 13 heavy (non-hydrogen) atoms. The highest BCUT2D eigenvalue weighted by Crippen LogP contribution is 2.18. The van der Waals surface area contributed by atoms with Crippen LogP contribution >= 0.6 is 0 Å². The van der Waals surface area contributed by atoms with Gasteiger partial charge in [0.1, 0.15) is 6.34 Å². The molecule has 7 heteroatoms. The first-order chi connectivity index (χ1) is 6.15. The van der Waals surface area contributed by atoms with E-state index in [1.807, 2.05) is 0 Å². The van der Waals surface area contributed by atoms with Crippen molar-refractivity contribution < 1.29 is 9.84 Å². The molecule has 1 unspecified atom stereocenters. The van der Waals surface area contributed by atoms with Crippen molar-refractivity contribution in [1.29, 1.82) is 0 Å². The van der Waals surface area contributed by atoms with Gasteiger partial charge in [-0.1, -0.05) is 0 Å². The van der Waals surface area contributed by atoms with Gasteiger partial charge >= 0.3 is 5.91 Å². The third kappa shape index (κ3) is 1.05. The van der Waals surface area contributed by atoms with Crippen molar-refractivity contribution in [3.05, 3.63) is 0 Å². The normalized spacial score (nSPS) is 30.8. The number of guanidine groups is 1. The summed E-state index contributed by atoms with van der Waals surface area (Å²) in [6, 6.07) is 0. The number of fused-ring (bicyclic) bond motifs is 1. The van der Waals surface area contributed by atoms with Gasteiger partial charge in [0.05, 0.1) is 0 Å². The number of methoxy groups -OCH3 is 1. The molecule has 2 heterocycles. The van der Waals surface area contributed by atoms with Crippen LogP contribution in [-0.4, -0.2) is 42.0 Å². The van der Waals surface area contributed by atoms with Gasteiger partial charge in [0.2, 0.25) is 5.96 Å². The standard InChI is InChI=1S/C6H7N5O2/c1-13-6(12)3-4(9-2-8-3)10-5(7)11-6/h2,12H,1H3,(H2,7,11). The zero-order valence-corrected chi connectivity index (χ0v) is 6.80. The molecular weight excluding hydrogens is 174 g/mol. The average molecular weight is 181 g/mol. The first-order valence-electron chi connectivity index (χ1n) is 3.48. The average Bonchev–Trinajstić information content (AvgIpc) is 2.52. The Labute approximate surface area is 73.4 Å². The summed E-state index contributed by atoms with van der Waals surface area (Å²) in [4.78, 5) is 14.9. The highest BCUT2D eigenvalue weighted by molar-refractivity contribution is 6.50. The molecule has 2 rings (SSSR count). The molecule has 0 spiro atoms. The number of hydrogen-bond donors (Lipinski definition) is 2. The number of amidine groups is 1. The number of rotatable bonds is 1. The van der Waals surface area contributed by atoms with Crippen LogP contribution < -0.4 is 5.73 Å². The molecule has 2 aliphatic rings. The van der Waals surface area contributed by atoms with Gasteiger partial charge < -0.3 is 15.6 Å². The zero-order chi connectivity index (χ0) is 9.47. The molecule has 0 fully saturated rings. The van der Waals surface area contributed by atoms with Crippen LogP contribution in [0.5, 0.6) is 0 Å². The molecule has 0 aromatic heterocycles. The predicted molar refractivity (Wildman–Crippen MR) is 46.9 cm³/mol. The molecule has 1 atom stereocenters. The molecule has 0 saturated heterocycles. The van der Waals surface area contributed by atoms with Crippen LogP contribution in [0.2, 0.25) is 0 Å². The maximum Gasteiger partial charge on any atom is 0.320 e. The maximum absolute atomic E-state index is 9.74. The third-order valence-electron chi connectivity index (χ3n) is 1.66. The Bertz CT molecular complexity index is 369. The van der Waals surface area contributed by atoms with Crippen LogP contribution in [0.15, 0.2) is 20.0 Å². The lowest BCUT2D eigenvalue weighted by Gasteiger charge is -2.23. The van der Waals surface area contributed by atoms with E-state index in [0.29, 0.717) is 0 Å². The summed E-state index contributed by atoms with van der Waals surface area (Å²) in [6.07, 6.45) is 1.26. The lowest BCUT2D eigenvalue weighted by Crippen LogP contribution is -2.46. The summed E-state index contributed by atoms with van der Waals surface area (Å²) in [7, 11) is 1.29. The minimum atomic E-state index is -1.85. The molecule has 0 saturated carbocycles. The van der Waals surface area contributed by atoms with Gasteiger partial charge in [-0.3, -0.25) is 0 Å². The van der Waals surface area contributed by atoms with Crippen LogP contribution in [0, 0.1) is 0 Å². The highest BCUT2D eigenvalue weighted by atomic mass is 16.6. The summed E-state index contributed by atoms with van der Waals surface area (Å²) < 4.78 is 4.76. The van der Waals surface area contributed by atoms with Gasteiger partial charge in [-0.15, -0.1) is 0 Å². The Kier molecular flexibility index (Phi) is 1.51. The Hall–Kier alpha value is -1.60. The number of hydrogen-bond acceptors (Lipinski definition) is 7. The summed E-state index contributed by atoms with van der Waals surface area (Å²) in [5.74, 6) is -1.70. The van der Waals surface area contributed by atoms with Crippen molar-refractivity contribution in [1.82, 2.24) is 0 Å². The minimum Gasteiger partial charge on any atom is -0.368 e. The second-order valence-electron chi connectivity index (χ2n) is 2.44. The van der Waals surface area contributed by atoms with E-state index < -0.39 is 5.91 Å². The number of aliphatic hydroxyl groups is 1. The van der Waals surface area contributed by atoms with E-state index in [1.54, 1.807) is 0 Å². The van der Waals surface area contributed by atoms with Gasteiger partial charge in [-0.25, -0.2) is 9.98 Å². The van der Waals surface area contributed by atoms with E-state index >= 15 is 0 Å². The summed E-state index contributed by atoms with van der Waals surface area (Å²) in [5.41, 5.74) is 5.49. The third-order valence-corrected chi connectivity index (χ3v) is 1.66. The summed E-state index contributed by atoms with van der Waals surface area (Å²) in [6.45, 7) is 0. The van der Waals surface area contributed by atoms with Crippen LogP contribution in [-0.2, 0) is 4.74 Å². The largest absolute Gasteiger partial charge is 0.368 e. The fraction of sp³-hybridized carbons (Fsp3) is 0.333. The molecule has 0 aromatic carbocycles. The molecule has 0 bridgehead atoms. The molecule has 0 aromatic rings. The van der Waals surface area contributed by atoms with Gasteiger partial charge in [0, 0.05) is 7.11 Å². The molecule has 7 nitrogen and oxygen atoms in total. The number of ether oxygens (including phenoxy) is 1. The zero-order valence-electron chi connectivity index (χ0n) is 6.80. The van der Waals surface area contributed by atoms with Crippen LogP contribution in [0.4, 0.5) is 0 Å². The Morgan fingerprint density at radius 3 is 3.08 bits per heavy atom.